The zero-order valence-corrected chi connectivity index (χ0v) is 48.9. The van der Waals surface area contributed by atoms with Crippen LogP contribution in [0.5, 0.6) is 0 Å². The monoisotopic (exact) mass is 1020 g/mol. The van der Waals surface area contributed by atoms with E-state index < -0.39 is 13.9 Å². The van der Waals surface area contributed by atoms with E-state index in [1.54, 1.807) is 0 Å². The van der Waals surface area contributed by atoms with Crippen LogP contribution >= 0.6 is 7.82 Å². The highest BCUT2D eigenvalue weighted by atomic mass is 31.2. The van der Waals surface area contributed by atoms with Crippen LogP contribution in [0.4, 0.5) is 0 Å². The summed E-state index contributed by atoms with van der Waals surface area (Å²) in [4.78, 5) is 23.1. The van der Waals surface area contributed by atoms with Crippen molar-refractivity contribution in [1.82, 2.24) is 0 Å². The standard InChI is InChI=1S/C62H120NO7P/c1-6-8-10-12-14-16-18-20-22-24-26-28-30-31-32-34-36-38-40-42-44-46-48-50-52-54-57-67-59-61(60-69-71(65,66)68-58-56-63(3,4)5)70-62(64)55-53-51-49-47-45-43-41-39-37-35-33-29-27-25-23-21-19-17-15-13-11-9-7-2/h19,21,25,27,33,35,61H,6-18,20,22-24,26,28-32,34,36-60H2,1-5H3/p+1/b21-19-,27-25-,35-33-. The first-order valence-electron chi connectivity index (χ1n) is 30.7. The lowest BCUT2D eigenvalue weighted by Crippen LogP contribution is -2.37. The predicted octanol–water partition coefficient (Wildman–Crippen LogP) is 19.6. The van der Waals surface area contributed by atoms with Crippen molar-refractivity contribution in [2.75, 3.05) is 54.1 Å². The van der Waals surface area contributed by atoms with Crippen molar-refractivity contribution in [3.05, 3.63) is 36.5 Å². The van der Waals surface area contributed by atoms with Gasteiger partial charge in [-0.2, -0.15) is 0 Å². The highest BCUT2D eigenvalue weighted by Gasteiger charge is 2.26. The molecule has 9 heteroatoms. The molecule has 0 aromatic rings. The maximum absolute atomic E-state index is 12.8. The lowest BCUT2D eigenvalue weighted by molar-refractivity contribution is -0.870. The molecule has 0 heterocycles. The van der Waals surface area contributed by atoms with Gasteiger partial charge in [-0.1, -0.05) is 275 Å². The third kappa shape index (κ3) is 59.5. The Morgan fingerprint density at radius 2 is 0.775 bits per heavy atom. The van der Waals surface area contributed by atoms with Gasteiger partial charge in [-0.3, -0.25) is 13.8 Å². The molecular formula is C62H121NO7P+. The molecule has 0 rings (SSSR count). The fourth-order valence-electron chi connectivity index (χ4n) is 8.98. The van der Waals surface area contributed by atoms with Gasteiger partial charge in [0.25, 0.3) is 0 Å². The van der Waals surface area contributed by atoms with Crippen LogP contribution in [0.1, 0.15) is 296 Å². The number of esters is 1. The van der Waals surface area contributed by atoms with E-state index in [1.165, 1.54) is 225 Å². The van der Waals surface area contributed by atoms with Gasteiger partial charge in [0, 0.05) is 13.0 Å². The summed E-state index contributed by atoms with van der Waals surface area (Å²) in [7, 11) is 1.68. The molecule has 0 saturated heterocycles. The zero-order valence-electron chi connectivity index (χ0n) is 48.0. The third-order valence-corrected chi connectivity index (χ3v) is 14.7. The number of hydrogen-bond donors (Lipinski definition) is 1. The molecule has 0 aromatic carbocycles. The first kappa shape index (κ1) is 69.7. The van der Waals surface area contributed by atoms with Crippen LogP contribution in [-0.2, 0) is 27.9 Å². The SMILES string of the molecule is CCCCCCC/C=C\C/C=C\C/C=C\CCCCCCCCCCC(=O)OC(COCCCCCCCCCCCCCCCCCCCCCCCCCCCC)COP(=O)(O)OCC[N+](C)(C)C. The maximum Gasteiger partial charge on any atom is 0.472 e. The van der Waals surface area contributed by atoms with E-state index in [-0.39, 0.29) is 25.8 Å². The van der Waals surface area contributed by atoms with Crippen LogP contribution in [-0.4, -0.2) is 75.6 Å². The first-order valence-corrected chi connectivity index (χ1v) is 32.2. The quantitative estimate of drug-likeness (QED) is 0.0213. The fourth-order valence-corrected chi connectivity index (χ4v) is 9.72. The molecule has 0 aliphatic heterocycles. The molecule has 0 saturated carbocycles. The number of ether oxygens (including phenoxy) is 2. The number of hydrogen-bond acceptors (Lipinski definition) is 6. The van der Waals surface area contributed by atoms with E-state index in [4.69, 9.17) is 18.5 Å². The Balaban J connectivity index is 4.02. The molecule has 0 aliphatic carbocycles. The van der Waals surface area contributed by atoms with Crippen LogP contribution in [0.3, 0.4) is 0 Å². The van der Waals surface area contributed by atoms with Gasteiger partial charge in [-0.25, -0.2) is 4.57 Å². The number of carbonyl (C=O) groups excluding carboxylic acids is 1. The minimum absolute atomic E-state index is 0.0885. The summed E-state index contributed by atoms with van der Waals surface area (Å²) < 4.78 is 35.3. The number of allylic oxidation sites excluding steroid dienone is 6. The Labute approximate surface area is 442 Å². The first-order chi connectivity index (χ1) is 34.6. The summed E-state index contributed by atoms with van der Waals surface area (Å²) >= 11 is 0. The molecule has 0 radical (unpaired) electrons. The number of unbranched alkanes of at least 4 members (excludes halogenated alkanes) is 38. The van der Waals surface area contributed by atoms with Gasteiger partial charge in [0.15, 0.2) is 0 Å². The number of rotatable bonds is 58. The summed E-state index contributed by atoms with van der Waals surface area (Å²) in [6.07, 6.45) is 69.4. The number of likely N-dealkylation sites (N-methyl/N-ethyl adjacent to an activating group) is 1. The Kier molecular flexibility index (Phi) is 54.0. The van der Waals surface area contributed by atoms with Crippen LogP contribution in [0.15, 0.2) is 36.5 Å². The van der Waals surface area contributed by atoms with E-state index in [2.05, 4.69) is 50.3 Å². The van der Waals surface area contributed by atoms with E-state index in [0.717, 1.165) is 51.4 Å². The lowest BCUT2D eigenvalue weighted by atomic mass is 10.0. The molecule has 8 nitrogen and oxygen atoms in total. The fraction of sp³-hybridized carbons (Fsp3) is 0.887. The molecule has 0 fully saturated rings. The molecule has 2 unspecified atom stereocenters. The average Bonchev–Trinajstić information content (AvgIpc) is 3.33. The third-order valence-electron chi connectivity index (χ3n) is 13.7. The van der Waals surface area contributed by atoms with Gasteiger partial charge in [-0.15, -0.1) is 0 Å². The van der Waals surface area contributed by atoms with Crippen molar-refractivity contribution >= 4 is 13.8 Å². The van der Waals surface area contributed by atoms with Crippen LogP contribution in [0.2, 0.25) is 0 Å². The Bertz CT molecular complexity index is 1230. The highest BCUT2D eigenvalue weighted by Crippen LogP contribution is 2.43. The van der Waals surface area contributed by atoms with Gasteiger partial charge in [-0.05, 0) is 51.4 Å². The molecule has 0 bridgehead atoms. The van der Waals surface area contributed by atoms with Crippen LogP contribution < -0.4 is 0 Å². The Hall–Kier alpha value is -1.28. The normalized spacial score (nSPS) is 13.6. The van der Waals surface area contributed by atoms with E-state index in [1.807, 2.05) is 21.1 Å². The van der Waals surface area contributed by atoms with E-state index in [9.17, 15) is 14.3 Å². The van der Waals surface area contributed by atoms with Crippen LogP contribution in [0, 0.1) is 0 Å². The molecule has 0 aliphatic rings. The second-order valence-corrected chi connectivity index (χ2v) is 23.5. The molecule has 0 amide bonds. The molecule has 71 heavy (non-hydrogen) atoms. The summed E-state index contributed by atoms with van der Waals surface area (Å²) in [6.45, 7) is 5.67. The molecule has 2 atom stereocenters. The highest BCUT2D eigenvalue weighted by molar-refractivity contribution is 7.47. The average molecular weight is 1020 g/mol. The molecule has 0 spiro atoms. The topological polar surface area (TPSA) is 91.3 Å². The van der Waals surface area contributed by atoms with Crippen molar-refractivity contribution in [3.63, 3.8) is 0 Å². The van der Waals surface area contributed by atoms with Crippen molar-refractivity contribution < 1.29 is 37.3 Å². The van der Waals surface area contributed by atoms with Gasteiger partial charge >= 0.3 is 13.8 Å². The van der Waals surface area contributed by atoms with Gasteiger partial charge in [0.2, 0.25) is 0 Å². The predicted molar refractivity (Wildman–Crippen MR) is 307 cm³/mol. The molecule has 0 aromatic heterocycles. The van der Waals surface area contributed by atoms with E-state index >= 15 is 0 Å². The summed E-state index contributed by atoms with van der Waals surface area (Å²) in [5.74, 6) is -0.315. The second-order valence-electron chi connectivity index (χ2n) is 22.1. The van der Waals surface area contributed by atoms with Crippen LogP contribution in [0.25, 0.3) is 0 Å². The molecular weight excluding hydrogens is 902 g/mol. The summed E-state index contributed by atoms with van der Waals surface area (Å²) in [6, 6.07) is 0. The Morgan fingerprint density at radius 3 is 1.15 bits per heavy atom. The van der Waals surface area contributed by atoms with Gasteiger partial charge < -0.3 is 18.9 Å². The van der Waals surface area contributed by atoms with Crippen molar-refractivity contribution in [2.45, 2.75) is 302 Å². The number of quaternary nitrogens is 1. The largest absolute Gasteiger partial charge is 0.472 e. The maximum atomic E-state index is 12.8. The lowest BCUT2D eigenvalue weighted by Gasteiger charge is -2.24. The molecule has 1 N–H and O–H groups in total. The van der Waals surface area contributed by atoms with Crippen molar-refractivity contribution in [1.29, 1.82) is 0 Å². The van der Waals surface area contributed by atoms with Gasteiger partial charge in [0.1, 0.15) is 19.3 Å². The summed E-state index contributed by atoms with van der Waals surface area (Å²) in [5.41, 5.74) is 0. The zero-order chi connectivity index (χ0) is 51.9. The second kappa shape index (κ2) is 55.0. The van der Waals surface area contributed by atoms with Crippen molar-refractivity contribution in [2.24, 2.45) is 0 Å². The minimum atomic E-state index is -4.29. The van der Waals surface area contributed by atoms with E-state index in [0.29, 0.717) is 24.1 Å². The number of phosphoric acid groups is 1. The number of phosphoric ester groups is 1. The Morgan fingerprint density at radius 1 is 0.437 bits per heavy atom. The number of carbonyl (C=O) groups is 1. The minimum Gasteiger partial charge on any atom is -0.457 e. The number of nitrogens with zero attached hydrogens (tertiary/aromatic N) is 1. The van der Waals surface area contributed by atoms with Gasteiger partial charge in [0.05, 0.1) is 34.4 Å². The molecule has 420 valence electrons. The van der Waals surface area contributed by atoms with Crippen molar-refractivity contribution in [3.8, 4) is 0 Å². The summed E-state index contributed by atoms with van der Waals surface area (Å²) in [5, 5.41) is 0. The smallest absolute Gasteiger partial charge is 0.457 e.